The van der Waals surface area contributed by atoms with Crippen LogP contribution >= 0.6 is 0 Å². The maximum Gasteiger partial charge on any atom is 0.409 e. The molecule has 0 bridgehead atoms. The van der Waals surface area contributed by atoms with E-state index in [0.29, 0.717) is 19.1 Å². The summed E-state index contributed by atoms with van der Waals surface area (Å²) in [5.41, 5.74) is 2.36. The Morgan fingerprint density at radius 2 is 1.77 bits per heavy atom. The number of amides is 1. The molecule has 1 aromatic rings. The third-order valence-corrected chi connectivity index (χ3v) is 4.19. The molecule has 4 heteroatoms. The minimum Gasteiger partial charge on any atom is -0.445 e. The summed E-state index contributed by atoms with van der Waals surface area (Å²) in [7, 11) is 3.82. The molecule has 0 saturated heterocycles. The van der Waals surface area contributed by atoms with E-state index >= 15 is 0 Å². The molecular formula is C18H30N2O2. The standard InChI is InChI=1S/C18H30N2O2/c1-6-15(3)17-10-8-16(9-11-17)14-22-18(21)20(5)13-12-19(4)7-2/h8-11,15H,6-7,12-14H2,1-5H3. The monoisotopic (exact) mass is 306 g/mol. The van der Waals surface area contributed by atoms with Crippen LogP contribution in [-0.2, 0) is 11.3 Å². The molecule has 1 atom stereocenters. The van der Waals surface area contributed by atoms with E-state index < -0.39 is 0 Å². The maximum atomic E-state index is 11.9. The van der Waals surface area contributed by atoms with E-state index in [9.17, 15) is 4.79 Å². The van der Waals surface area contributed by atoms with Gasteiger partial charge in [0.2, 0.25) is 0 Å². The molecule has 0 aromatic heterocycles. The van der Waals surface area contributed by atoms with E-state index in [0.717, 1.165) is 25.1 Å². The molecule has 0 aliphatic carbocycles. The number of nitrogens with zero attached hydrogens (tertiary/aromatic N) is 2. The number of rotatable bonds is 8. The topological polar surface area (TPSA) is 32.8 Å². The van der Waals surface area contributed by atoms with Crippen LogP contribution in [0.2, 0.25) is 0 Å². The lowest BCUT2D eigenvalue weighted by molar-refractivity contribution is 0.102. The van der Waals surface area contributed by atoms with Gasteiger partial charge in [0.05, 0.1) is 0 Å². The summed E-state index contributed by atoms with van der Waals surface area (Å²) >= 11 is 0. The zero-order valence-electron chi connectivity index (χ0n) is 14.6. The van der Waals surface area contributed by atoms with Crippen molar-refractivity contribution >= 4 is 6.09 Å². The average Bonchev–Trinajstić information content (AvgIpc) is 2.56. The third kappa shape index (κ3) is 6.06. The molecule has 1 rings (SSSR count). The Balaban J connectivity index is 2.40. The molecule has 0 saturated carbocycles. The lowest BCUT2D eigenvalue weighted by Gasteiger charge is -2.20. The first kappa shape index (κ1) is 18.5. The second-order valence-corrected chi connectivity index (χ2v) is 5.92. The van der Waals surface area contributed by atoms with Crippen LogP contribution in [0.5, 0.6) is 0 Å². The van der Waals surface area contributed by atoms with Gasteiger partial charge in [-0.15, -0.1) is 0 Å². The summed E-state index contributed by atoms with van der Waals surface area (Å²) in [6, 6.07) is 8.33. The van der Waals surface area contributed by atoms with Gasteiger partial charge in [-0.3, -0.25) is 0 Å². The molecule has 1 aromatic carbocycles. The first-order valence-corrected chi connectivity index (χ1v) is 8.13. The van der Waals surface area contributed by atoms with Crippen LogP contribution in [0, 0.1) is 0 Å². The van der Waals surface area contributed by atoms with Crippen LogP contribution in [0.3, 0.4) is 0 Å². The van der Waals surface area contributed by atoms with Crippen molar-refractivity contribution in [3.05, 3.63) is 35.4 Å². The fourth-order valence-electron chi connectivity index (χ4n) is 2.00. The van der Waals surface area contributed by atoms with E-state index in [4.69, 9.17) is 4.74 Å². The van der Waals surface area contributed by atoms with E-state index in [1.807, 2.05) is 19.2 Å². The average molecular weight is 306 g/mol. The van der Waals surface area contributed by atoms with Crippen molar-refractivity contribution < 1.29 is 9.53 Å². The minimum absolute atomic E-state index is 0.268. The van der Waals surface area contributed by atoms with Gasteiger partial charge in [-0.2, -0.15) is 0 Å². The molecule has 0 fully saturated rings. The zero-order valence-corrected chi connectivity index (χ0v) is 14.6. The first-order valence-electron chi connectivity index (χ1n) is 8.13. The molecule has 124 valence electrons. The number of carbonyl (C=O) groups is 1. The van der Waals surface area contributed by atoms with Crippen LogP contribution < -0.4 is 0 Å². The van der Waals surface area contributed by atoms with Crippen molar-refractivity contribution in [1.29, 1.82) is 0 Å². The maximum absolute atomic E-state index is 11.9. The predicted molar refractivity (Wildman–Crippen MR) is 91.1 cm³/mol. The molecular weight excluding hydrogens is 276 g/mol. The molecule has 1 amide bonds. The Bertz CT molecular complexity index is 445. The van der Waals surface area contributed by atoms with Gasteiger partial charge < -0.3 is 14.5 Å². The summed E-state index contributed by atoms with van der Waals surface area (Å²) in [5.74, 6) is 0.568. The summed E-state index contributed by atoms with van der Waals surface area (Å²) in [6.45, 7) is 9.34. The van der Waals surface area contributed by atoms with Gasteiger partial charge in [0, 0.05) is 20.1 Å². The molecule has 0 aliphatic rings. The number of benzene rings is 1. The molecule has 1 unspecified atom stereocenters. The fourth-order valence-corrected chi connectivity index (χ4v) is 2.00. The first-order chi connectivity index (χ1) is 10.5. The van der Waals surface area contributed by atoms with Crippen LogP contribution in [-0.4, -0.2) is 49.6 Å². The van der Waals surface area contributed by atoms with Crippen molar-refractivity contribution in [2.24, 2.45) is 0 Å². The van der Waals surface area contributed by atoms with E-state index in [2.05, 4.69) is 37.8 Å². The Hall–Kier alpha value is -1.55. The number of hydrogen-bond acceptors (Lipinski definition) is 3. The van der Waals surface area contributed by atoms with E-state index in [1.165, 1.54) is 5.56 Å². The van der Waals surface area contributed by atoms with Gasteiger partial charge in [0.15, 0.2) is 0 Å². The van der Waals surface area contributed by atoms with E-state index in [-0.39, 0.29) is 6.09 Å². The SMILES string of the molecule is CCC(C)c1ccc(COC(=O)N(C)CCN(C)CC)cc1. The van der Waals surface area contributed by atoms with Crippen LogP contribution in [0.1, 0.15) is 44.2 Å². The summed E-state index contributed by atoms with van der Waals surface area (Å²) in [4.78, 5) is 15.7. The van der Waals surface area contributed by atoms with E-state index in [1.54, 1.807) is 11.9 Å². The Labute approximate surface area is 135 Å². The lowest BCUT2D eigenvalue weighted by Crippen LogP contribution is -2.35. The fraction of sp³-hybridized carbons (Fsp3) is 0.611. The second-order valence-electron chi connectivity index (χ2n) is 5.92. The van der Waals surface area contributed by atoms with Crippen molar-refractivity contribution in [2.75, 3.05) is 33.7 Å². The van der Waals surface area contributed by atoms with Crippen molar-refractivity contribution in [3.8, 4) is 0 Å². The second kappa shape index (κ2) is 9.46. The summed E-state index contributed by atoms with van der Waals surface area (Å²) in [6.07, 6.45) is 0.862. The predicted octanol–water partition coefficient (Wildman–Crippen LogP) is 3.72. The summed E-state index contributed by atoms with van der Waals surface area (Å²) < 4.78 is 5.35. The van der Waals surface area contributed by atoms with Gasteiger partial charge in [-0.05, 0) is 37.1 Å². The largest absolute Gasteiger partial charge is 0.445 e. The Kier molecular flexibility index (Phi) is 7.96. The van der Waals surface area contributed by atoms with Gasteiger partial charge in [-0.25, -0.2) is 4.79 Å². The van der Waals surface area contributed by atoms with Gasteiger partial charge in [0.25, 0.3) is 0 Å². The van der Waals surface area contributed by atoms with Crippen LogP contribution in [0.4, 0.5) is 4.79 Å². The number of likely N-dealkylation sites (N-methyl/N-ethyl adjacent to an activating group) is 2. The Morgan fingerprint density at radius 3 is 2.32 bits per heavy atom. The molecule has 0 radical (unpaired) electrons. The molecule has 0 aliphatic heterocycles. The van der Waals surface area contributed by atoms with Crippen molar-refractivity contribution in [2.45, 2.75) is 39.7 Å². The van der Waals surface area contributed by atoms with Gasteiger partial charge >= 0.3 is 6.09 Å². The quantitative estimate of drug-likeness (QED) is 0.734. The minimum atomic E-state index is -0.268. The lowest BCUT2D eigenvalue weighted by atomic mass is 9.98. The van der Waals surface area contributed by atoms with Gasteiger partial charge in [-0.1, -0.05) is 45.0 Å². The smallest absolute Gasteiger partial charge is 0.409 e. The molecule has 0 N–H and O–H groups in total. The molecule has 4 nitrogen and oxygen atoms in total. The highest BCUT2D eigenvalue weighted by molar-refractivity contribution is 5.67. The number of carbonyl (C=O) groups excluding carboxylic acids is 1. The molecule has 0 spiro atoms. The van der Waals surface area contributed by atoms with Crippen LogP contribution in [0.25, 0.3) is 0 Å². The highest BCUT2D eigenvalue weighted by Crippen LogP contribution is 2.19. The number of ether oxygens (including phenoxy) is 1. The number of hydrogen-bond donors (Lipinski definition) is 0. The molecule has 0 heterocycles. The zero-order chi connectivity index (χ0) is 16.5. The summed E-state index contributed by atoms with van der Waals surface area (Å²) in [5, 5.41) is 0. The van der Waals surface area contributed by atoms with Crippen molar-refractivity contribution in [1.82, 2.24) is 9.80 Å². The molecule has 22 heavy (non-hydrogen) atoms. The third-order valence-electron chi connectivity index (χ3n) is 4.19. The van der Waals surface area contributed by atoms with Gasteiger partial charge in [0.1, 0.15) is 6.61 Å². The van der Waals surface area contributed by atoms with Crippen molar-refractivity contribution in [3.63, 3.8) is 0 Å². The Morgan fingerprint density at radius 1 is 1.14 bits per heavy atom. The van der Waals surface area contributed by atoms with Crippen LogP contribution in [0.15, 0.2) is 24.3 Å². The highest BCUT2D eigenvalue weighted by Gasteiger charge is 2.11. The normalized spacial score (nSPS) is 12.3. The highest BCUT2D eigenvalue weighted by atomic mass is 16.6.